The Hall–Kier alpha value is -2.53. The first-order chi connectivity index (χ1) is 24.4. The minimum absolute atomic E-state index is 0.151. The number of likely N-dealkylation sites (tertiary alicyclic amines) is 1. The Morgan fingerprint density at radius 2 is 2.00 bits per heavy atom. The van der Waals surface area contributed by atoms with Gasteiger partial charge in [-0.3, -0.25) is 14.5 Å². The first-order valence-electron chi connectivity index (χ1n) is 19.6. The van der Waals surface area contributed by atoms with E-state index in [1.165, 1.54) is 31.4 Å². The van der Waals surface area contributed by atoms with Crippen LogP contribution in [-0.4, -0.2) is 92.5 Å². The van der Waals surface area contributed by atoms with Crippen LogP contribution in [0.2, 0.25) is 0 Å². The molecule has 2 bridgehead atoms. The van der Waals surface area contributed by atoms with E-state index in [1.807, 2.05) is 5.06 Å². The van der Waals surface area contributed by atoms with Crippen molar-refractivity contribution in [3.05, 3.63) is 47.5 Å². The number of fused-ring (bicyclic) bond motifs is 2. The Balaban J connectivity index is 1.24. The molecule has 9 atom stereocenters. The van der Waals surface area contributed by atoms with Crippen molar-refractivity contribution in [1.29, 1.82) is 0 Å². The molecule has 2 aromatic rings. The number of nitrogens with zero attached hydrogens (tertiary/aromatic N) is 3. The fourth-order valence-corrected chi connectivity index (χ4v) is 10.4. The number of anilines is 1. The number of methoxy groups -OCH3 is 1. The molecule has 3 aliphatic carbocycles. The second-order valence-corrected chi connectivity index (χ2v) is 16.9. The molecule has 3 saturated carbocycles. The van der Waals surface area contributed by atoms with Gasteiger partial charge in [0.05, 0.1) is 25.9 Å². The van der Waals surface area contributed by atoms with E-state index in [0.29, 0.717) is 48.1 Å². The zero-order chi connectivity index (χ0) is 36.6. The number of nitrogens with one attached hydrogen (secondary N) is 1. The van der Waals surface area contributed by atoms with Crippen LogP contribution in [0.5, 0.6) is 5.75 Å². The molecule has 2 aromatic carbocycles. The van der Waals surface area contributed by atoms with Gasteiger partial charge in [-0.25, -0.2) is 0 Å². The van der Waals surface area contributed by atoms with Crippen LogP contribution in [0.1, 0.15) is 77.8 Å². The van der Waals surface area contributed by atoms with E-state index in [1.54, 1.807) is 14.0 Å². The molecule has 2 saturated heterocycles. The number of hydrogen-bond donors (Lipinski definition) is 3. The second kappa shape index (κ2) is 15.8. The number of para-hydroxylation sites is 1. The third-order valence-corrected chi connectivity index (χ3v) is 13.5. The van der Waals surface area contributed by atoms with Gasteiger partial charge in [0.2, 0.25) is 0 Å². The molecule has 51 heavy (non-hydrogen) atoms. The van der Waals surface area contributed by atoms with Crippen molar-refractivity contribution < 1.29 is 19.5 Å². The Bertz CT molecular complexity index is 1510. The maximum Gasteiger partial charge on any atom is 0.153 e. The number of ketones is 1. The zero-order valence-electron chi connectivity index (χ0n) is 32.5. The fraction of sp³-hybridized carbons (Fsp3) is 0.690. The normalized spacial score (nSPS) is 31.0. The van der Waals surface area contributed by atoms with Crippen molar-refractivity contribution in [3.63, 3.8) is 0 Å². The number of benzene rings is 2. The number of aliphatic hydroxyl groups excluding tert-OH is 1. The summed E-state index contributed by atoms with van der Waals surface area (Å²) in [5.74, 6) is 2.73. The average molecular weight is 704 g/mol. The molecule has 4 N–H and O–H groups in total. The highest BCUT2D eigenvalue weighted by Gasteiger charge is 2.57. The van der Waals surface area contributed by atoms with E-state index in [9.17, 15) is 9.90 Å². The van der Waals surface area contributed by atoms with E-state index in [0.717, 1.165) is 54.2 Å². The van der Waals surface area contributed by atoms with Gasteiger partial charge in [0.25, 0.3) is 0 Å². The maximum absolute atomic E-state index is 14.4. The summed E-state index contributed by atoms with van der Waals surface area (Å²) in [6, 6.07) is 13.0. The van der Waals surface area contributed by atoms with Gasteiger partial charge >= 0.3 is 0 Å². The van der Waals surface area contributed by atoms with Gasteiger partial charge in [0.15, 0.2) is 5.78 Å². The lowest BCUT2D eigenvalue weighted by Gasteiger charge is -2.62. The number of hydrogen-bond acceptors (Lipinski definition) is 9. The predicted octanol–water partition coefficient (Wildman–Crippen LogP) is 5.72. The van der Waals surface area contributed by atoms with Crippen molar-refractivity contribution in [1.82, 2.24) is 15.3 Å². The highest BCUT2D eigenvalue weighted by atomic mass is 16.7. The molecule has 5 aliphatic rings. The minimum atomic E-state index is -0.735. The zero-order valence-corrected chi connectivity index (χ0v) is 32.5. The molecule has 0 aromatic heterocycles. The van der Waals surface area contributed by atoms with E-state index < -0.39 is 24.2 Å². The number of carbonyl (C=O) groups is 1. The summed E-state index contributed by atoms with van der Waals surface area (Å²) in [5.41, 5.74) is 11.9. The molecule has 9 heteroatoms. The Kier molecular flexibility index (Phi) is 11.9. The molecule has 9 nitrogen and oxygen atoms in total. The van der Waals surface area contributed by atoms with Crippen LogP contribution in [0, 0.1) is 35.0 Å². The summed E-state index contributed by atoms with van der Waals surface area (Å²) in [6.45, 7) is 15.8. The van der Waals surface area contributed by atoms with Crippen LogP contribution in [0.3, 0.4) is 0 Å². The van der Waals surface area contributed by atoms with Crippen LogP contribution >= 0.6 is 0 Å². The van der Waals surface area contributed by atoms with E-state index in [-0.39, 0.29) is 12.3 Å². The number of aliphatic hydroxyl groups is 1. The minimum Gasteiger partial charge on any atom is -0.496 e. The summed E-state index contributed by atoms with van der Waals surface area (Å²) >= 11 is 0. The molecule has 5 fully saturated rings. The van der Waals surface area contributed by atoms with Crippen molar-refractivity contribution in [2.75, 3.05) is 52.3 Å². The predicted molar refractivity (Wildman–Crippen MR) is 205 cm³/mol. The third kappa shape index (κ3) is 7.62. The fourth-order valence-electron chi connectivity index (χ4n) is 10.4. The van der Waals surface area contributed by atoms with Crippen molar-refractivity contribution in [2.45, 2.75) is 104 Å². The lowest BCUT2D eigenvalue weighted by atomic mass is 9.43. The molecule has 2 heterocycles. The van der Waals surface area contributed by atoms with Crippen molar-refractivity contribution >= 4 is 11.5 Å². The number of ether oxygens (including phenoxy) is 1. The molecule has 282 valence electrons. The average Bonchev–Trinajstić information content (AvgIpc) is 3.72. The number of rotatable bonds is 15. The summed E-state index contributed by atoms with van der Waals surface area (Å²) in [4.78, 5) is 25.6. The number of carbonyl (C=O) groups excluding carboxylic acids is 1. The Morgan fingerprint density at radius 1 is 1.22 bits per heavy atom. The molecule has 2 aliphatic heterocycles. The SMILES string of the molecule is CCN1CCC[C@@H]1CNCc1cc(-c2cccc(CN3O[C@@H](CN)[C@@H]([C@H](C)O)[C@H]3C(=O)C[C@H]3C[C@H]4C[C@H]([C@@H]3C)C4(C)C)c2OC)cc(N(C)C)c1. The first-order valence-corrected chi connectivity index (χ1v) is 19.6. The van der Waals surface area contributed by atoms with Crippen LogP contribution < -0.4 is 20.7 Å². The van der Waals surface area contributed by atoms with Crippen molar-refractivity contribution in [2.24, 2.45) is 40.7 Å². The molecule has 0 unspecified atom stereocenters. The van der Waals surface area contributed by atoms with Gasteiger partial charge in [-0.05, 0) is 104 Å². The molecule has 0 radical (unpaired) electrons. The largest absolute Gasteiger partial charge is 0.496 e. The van der Waals surface area contributed by atoms with E-state index >= 15 is 0 Å². The second-order valence-electron chi connectivity index (χ2n) is 16.9. The quantitative estimate of drug-likeness (QED) is 0.215. The standard InChI is InChI=1S/C42H65N5O4/c1-9-46-15-11-13-33(46)24-44-23-28-16-31(19-34(17-28)45(6)7)35-14-10-12-29(41(35)50-8)25-47-40(39(27(3)48)38(22-43)51-47)37(49)20-30-18-32-21-36(26(30)2)42(32,4)5/h10,12,14,16-17,19,26-27,30,32-33,36,38-40,44,48H,9,11,13,15,18,20-25,43H2,1-8H3/t26-,27+,30-,32+,33-,36-,38+,39-,40-/m1/s1. The summed E-state index contributed by atoms with van der Waals surface area (Å²) < 4.78 is 6.17. The van der Waals surface area contributed by atoms with Crippen molar-refractivity contribution in [3.8, 4) is 16.9 Å². The van der Waals surface area contributed by atoms with E-state index in [4.69, 9.17) is 15.3 Å². The number of Topliss-reactive ketones (excluding diaryl/α,β-unsaturated/α-hetero) is 1. The van der Waals surface area contributed by atoms with Crippen LogP contribution in [0.4, 0.5) is 5.69 Å². The number of likely N-dealkylation sites (N-methyl/N-ethyl adjacent to an activating group) is 1. The van der Waals surface area contributed by atoms with Crippen LogP contribution in [0.25, 0.3) is 11.1 Å². The lowest BCUT2D eigenvalue weighted by molar-refractivity contribution is -0.175. The first kappa shape index (κ1) is 38.2. The van der Waals surface area contributed by atoms with Gasteiger partial charge < -0.3 is 25.8 Å². The topological polar surface area (TPSA) is 104 Å². The van der Waals surface area contributed by atoms with Crippen LogP contribution in [0.15, 0.2) is 36.4 Å². The van der Waals surface area contributed by atoms with Gasteiger partial charge in [0, 0.05) is 68.9 Å². The van der Waals surface area contributed by atoms with Gasteiger partial charge in [-0.15, -0.1) is 0 Å². The summed E-state index contributed by atoms with van der Waals surface area (Å²) in [7, 11) is 5.87. The Morgan fingerprint density at radius 3 is 2.65 bits per heavy atom. The van der Waals surface area contributed by atoms with Crippen LogP contribution in [-0.2, 0) is 22.7 Å². The maximum atomic E-state index is 14.4. The number of nitrogens with two attached hydrogens (primary N) is 1. The molecule has 0 amide bonds. The molecular formula is C42H65N5O4. The van der Waals surface area contributed by atoms with Gasteiger partial charge in [-0.1, -0.05) is 45.9 Å². The highest BCUT2D eigenvalue weighted by Crippen LogP contribution is 2.63. The smallest absolute Gasteiger partial charge is 0.153 e. The lowest BCUT2D eigenvalue weighted by Crippen LogP contribution is -2.55. The molecule has 7 rings (SSSR count). The third-order valence-electron chi connectivity index (χ3n) is 13.5. The highest BCUT2D eigenvalue weighted by molar-refractivity contribution is 5.85. The Labute approximate surface area is 307 Å². The van der Waals surface area contributed by atoms with Gasteiger partial charge in [-0.2, -0.15) is 5.06 Å². The monoisotopic (exact) mass is 704 g/mol. The summed E-state index contributed by atoms with van der Waals surface area (Å²) in [5, 5.41) is 16.6. The van der Waals surface area contributed by atoms with E-state index in [2.05, 4.69) is 93.3 Å². The summed E-state index contributed by atoms with van der Waals surface area (Å²) in [6.07, 6.45) is 4.25. The van der Waals surface area contributed by atoms with Gasteiger partial charge in [0.1, 0.15) is 11.8 Å². The molecular weight excluding hydrogens is 638 g/mol. The molecule has 0 spiro atoms. The number of hydroxylamine groups is 2.